The maximum absolute atomic E-state index is 13.2. The molecule has 1 N–H and O–H groups in total. The molecule has 0 aliphatic carbocycles. The molecule has 4 rings (SSSR count). The lowest BCUT2D eigenvalue weighted by Crippen LogP contribution is -2.29. The van der Waals surface area contributed by atoms with E-state index in [0.717, 1.165) is 17.0 Å². The van der Waals surface area contributed by atoms with Crippen molar-refractivity contribution in [3.63, 3.8) is 0 Å². The number of benzene rings is 3. The Morgan fingerprint density at radius 1 is 0.892 bits per heavy atom. The second-order valence-corrected chi connectivity index (χ2v) is 8.24. The van der Waals surface area contributed by atoms with Gasteiger partial charge in [0.25, 0.3) is 11.7 Å². The molecule has 37 heavy (non-hydrogen) atoms. The van der Waals surface area contributed by atoms with Crippen LogP contribution in [0.2, 0.25) is 5.02 Å². The van der Waals surface area contributed by atoms with Crippen molar-refractivity contribution >= 4 is 34.7 Å². The molecule has 1 aliphatic heterocycles. The normalized spacial score (nSPS) is 17.1. The Hall–Kier alpha value is -4.18. The fourth-order valence-corrected chi connectivity index (χ4v) is 4.17. The SMILES string of the molecule is COc1ccc(C2/C(=C(\O)c3cc(OC)ccc3Cl)C(=O)C(=O)N2c2ccc(OC(F)(F)F)cc2)cc1. The molecule has 1 amide bonds. The van der Waals surface area contributed by atoms with Gasteiger partial charge in [-0.15, -0.1) is 13.2 Å². The molecule has 192 valence electrons. The average Bonchev–Trinajstić information content (AvgIpc) is 3.14. The van der Waals surface area contributed by atoms with Gasteiger partial charge in [-0.25, -0.2) is 0 Å². The van der Waals surface area contributed by atoms with E-state index in [0.29, 0.717) is 17.1 Å². The molecule has 0 saturated carbocycles. The zero-order valence-corrected chi connectivity index (χ0v) is 20.1. The summed E-state index contributed by atoms with van der Waals surface area (Å²) in [6.45, 7) is 0. The summed E-state index contributed by atoms with van der Waals surface area (Å²) < 4.78 is 52.0. The highest BCUT2D eigenvalue weighted by molar-refractivity contribution is 6.52. The molecule has 1 atom stereocenters. The summed E-state index contributed by atoms with van der Waals surface area (Å²) in [5.41, 5.74) is 0.330. The molecule has 3 aromatic rings. The predicted octanol–water partition coefficient (Wildman–Crippen LogP) is 5.88. The Balaban J connectivity index is 1.88. The summed E-state index contributed by atoms with van der Waals surface area (Å²) >= 11 is 6.29. The molecular formula is C26H19ClF3NO6. The molecule has 0 radical (unpaired) electrons. The maximum atomic E-state index is 13.2. The lowest BCUT2D eigenvalue weighted by molar-refractivity contribution is -0.274. The topological polar surface area (TPSA) is 85.3 Å². The first kappa shape index (κ1) is 25.9. The van der Waals surface area contributed by atoms with E-state index in [1.807, 2.05) is 0 Å². The number of alkyl halides is 3. The zero-order chi connectivity index (χ0) is 26.9. The van der Waals surface area contributed by atoms with Crippen molar-refractivity contribution in [3.8, 4) is 17.2 Å². The number of hydrogen-bond acceptors (Lipinski definition) is 6. The minimum atomic E-state index is -4.90. The molecule has 0 bridgehead atoms. The molecule has 7 nitrogen and oxygen atoms in total. The smallest absolute Gasteiger partial charge is 0.507 e. The Morgan fingerprint density at radius 2 is 1.46 bits per heavy atom. The monoisotopic (exact) mass is 533 g/mol. The molecular weight excluding hydrogens is 515 g/mol. The number of methoxy groups -OCH3 is 2. The average molecular weight is 534 g/mol. The van der Waals surface area contributed by atoms with Crippen LogP contribution in [0.15, 0.2) is 72.3 Å². The second-order valence-electron chi connectivity index (χ2n) is 7.83. The number of amides is 1. The summed E-state index contributed by atoms with van der Waals surface area (Å²) in [4.78, 5) is 27.6. The van der Waals surface area contributed by atoms with E-state index < -0.39 is 35.6 Å². The minimum Gasteiger partial charge on any atom is -0.507 e. The number of halogens is 4. The fraction of sp³-hybridized carbons (Fsp3) is 0.154. The molecule has 0 spiro atoms. The van der Waals surface area contributed by atoms with Crippen LogP contribution in [0.4, 0.5) is 18.9 Å². The van der Waals surface area contributed by atoms with Gasteiger partial charge in [0.1, 0.15) is 23.0 Å². The number of aliphatic hydroxyl groups is 1. The first-order chi connectivity index (χ1) is 17.5. The fourth-order valence-electron chi connectivity index (χ4n) is 3.97. The summed E-state index contributed by atoms with van der Waals surface area (Å²) in [5, 5.41) is 11.4. The van der Waals surface area contributed by atoms with E-state index in [4.69, 9.17) is 21.1 Å². The molecule has 1 aliphatic rings. The van der Waals surface area contributed by atoms with Gasteiger partial charge >= 0.3 is 6.36 Å². The predicted molar refractivity (Wildman–Crippen MR) is 129 cm³/mol. The highest BCUT2D eigenvalue weighted by Gasteiger charge is 2.47. The van der Waals surface area contributed by atoms with Crippen LogP contribution in [0.5, 0.6) is 17.2 Å². The van der Waals surface area contributed by atoms with Crippen molar-refractivity contribution in [2.75, 3.05) is 19.1 Å². The van der Waals surface area contributed by atoms with Crippen LogP contribution in [0.1, 0.15) is 17.2 Å². The number of aliphatic hydroxyl groups excluding tert-OH is 1. The summed E-state index contributed by atoms with van der Waals surface area (Å²) in [6, 6.07) is 14.2. The van der Waals surface area contributed by atoms with Gasteiger partial charge in [-0.3, -0.25) is 14.5 Å². The van der Waals surface area contributed by atoms with E-state index >= 15 is 0 Å². The van der Waals surface area contributed by atoms with E-state index in [2.05, 4.69) is 4.74 Å². The molecule has 3 aromatic carbocycles. The van der Waals surface area contributed by atoms with Crippen molar-refractivity contribution < 1.29 is 42.1 Å². The zero-order valence-electron chi connectivity index (χ0n) is 19.4. The van der Waals surface area contributed by atoms with Crippen LogP contribution in [-0.4, -0.2) is 37.4 Å². The molecule has 1 saturated heterocycles. The standard InChI is InChI=1S/C26H19ClF3NO6/c1-35-16-7-3-14(4-8-16)22-21(23(32)19-13-18(36-2)11-12-20(19)27)24(33)25(34)31(22)15-5-9-17(10-6-15)37-26(28,29)30/h3-13,22,32H,1-2H3/b23-21+. The van der Waals surface area contributed by atoms with Crippen molar-refractivity contribution in [1.29, 1.82) is 0 Å². The van der Waals surface area contributed by atoms with Crippen LogP contribution >= 0.6 is 11.6 Å². The van der Waals surface area contributed by atoms with E-state index in [1.54, 1.807) is 30.3 Å². The summed E-state index contributed by atoms with van der Waals surface area (Å²) in [5.74, 6) is -2.19. The van der Waals surface area contributed by atoms with Crippen molar-refractivity contribution in [2.24, 2.45) is 0 Å². The van der Waals surface area contributed by atoms with Gasteiger partial charge in [0.15, 0.2) is 0 Å². The second kappa shape index (κ2) is 10.1. The first-order valence-electron chi connectivity index (χ1n) is 10.7. The molecule has 1 unspecified atom stereocenters. The van der Waals surface area contributed by atoms with Gasteiger partial charge in [-0.2, -0.15) is 0 Å². The van der Waals surface area contributed by atoms with Crippen molar-refractivity contribution in [3.05, 3.63) is 88.5 Å². The number of carbonyl (C=O) groups excluding carboxylic acids is 2. The van der Waals surface area contributed by atoms with Crippen LogP contribution in [0, 0.1) is 0 Å². The number of anilines is 1. The highest BCUT2D eigenvalue weighted by Crippen LogP contribution is 2.44. The summed E-state index contributed by atoms with van der Waals surface area (Å²) in [7, 11) is 2.88. The van der Waals surface area contributed by atoms with Crippen LogP contribution in [0.3, 0.4) is 0 Å². The third-order valence-corrected chi connectivity index (χ3v) is 5.98. The number of Topliss-reactive ketones (excluding diaryl/α,β-unsaturated/α-hetero) is 1. The lowest BCUT2D eigenvalue weighted by Gasteiger charge is -2.26. The Bertz CT molecular complexity index is 1370. The van der Waals surface area contributed by atoms with Gasteiger partial charge in [-0.05, 0) is 60.2 Å². The third-order valence-electron chi connectivity index (χ3n) is 5.65. The summed E-state index contributed by atoms with van der Waals surface area (Å²) in [6.07, 6.45) is -4.90. The van der Waals surface area contributed by atoms with Gasteiger partial charge in [0.05, 0.1) is 30.9 Å². The highest BCUT2D eigenvalue weighted by atomic mass is 35.5. The van der Waals surface area contributed by atoms with Gasteiger partial charge in [-0.1, -0.05) is 23.7 Å². The van der Waals surface area contributed by atoms with Crippen LogP contribution in [0.25, 0.3) is 5.76 Å². The number of carbonyl (C=O) groups is 2. The molecule has 1 fully saturated rings. The Labute approximate surface area is 214 Å². The van der Waals surface area contributed by atoms with Crippen molar-refractivity contribution in [1.82, 2.24) is 0 Å². The van der Waals surface area contributed by atoms with Crippen LogP contribution < -0.4 is 19.1 Å². The minimum absolute atomic E-state index is 0.0615. The Morgan fingerprint density at radius 3 is 2.03 bits per heavy atom. The van der Waals surface area contributed by atoms with Gasteiger partial charge < -0.3 is 19.3 Å². The number of nitrogens with zero attached hydrogens (tertiary/aromatic N) is 1. The largest absolute Gasteiger partial charge is 0.573 e. The molecule has 0 aromatic heterocycles. The molecule has 11 heteroatoms. The first-order valence-corrected chi connectivity index (χ1v) is 11.1. The van der Waals surface area contributed by atoms with Crippen LogP contribution in [-0.2, 0) is 9.59 Å². The van der Waals surface area contributed by atoms with E-state index in [9.17, 15) is 27.9 Å². The number of ether oxygens (including phenoxy) is 3. The molecule has 1 heterocycles. The lowest BCUT2D eigenvalue weighted by atomic mass is 9.95. The quantitative estimate of drug-likeness (QED) is 0.242. The number of rotatable bonds is 6. The van der Waals surface area contributed by atoms with E-state index in [1.165, 1.54) is 38.5 Å². The maximum Gasteiger partial charge on any atom is 0.573 e. The van der Waals surface area contributed by atoms with Crippen molar-refractivity contribution in [2.45, 2.75) is 12.4 Å². The number of hydrogen-bond donors (Lipinski definition) is 1. The van der Waals surface area contributed by atoms with E-state index in [-0.39, 0.29) is 21.8 Å². The third kappa shape index (κ3) is 5.19. The van der Waals surface area contributed by atoms with Gasteiger partial charge in [0.2, 0.25) is 0 Å². The number of ketones is 1. The Kier molecular flexibility index (Phi) is 7.04. The van der Waals surface area contributed by atoms with Gasteiger partial charge in [0, 0.05) is 11.3 Å².